The van der Waals surface area contributed by atoms with Gasteiger partial charge in [-0.1, -0.05) is 24.3 Å². The fraction of sp³-hybridized carbons (Fsp3) is 0.231. The van der Waals surface area contributed by atoms with Crippen LogP contribution in [0.2, 0.25) is 0 Å². The van der Waals surface area contributed by atoms with E-state index in [1.54, 1.807) is 0 Å². The van der Waals surface area contributed by atoms with Gasteiger partial charge in [-0.05, 0) is 24.3 Å². The third-order valence-corrected chi connectivity index (χ3v) is 3.04. The zero-order chi connectivity index (χ0) is 11.8. The molecule has 1 heterocycles. The van der Waals surface area contributed by atoms with Crippen molar-refractivity contribution in [3.8, 4) is 11.4 Å². The number of carboxylic acid groups (broad SMARTS) is 1. The Morgan fingerprint density at radius 2 is 2.00 bits per heavy atom. The van der Waals surface area contributed by atoms with Crippen molar-refractivity contribution >= 4 is 5.97 Å². The van der Waals surface area contributed by atoms with Crippen LogP contribution in [-0.2, 0) is 0 Å². The SMILES string of the molecule is O=C(O)c1cnc(-c2ccc(C3CC3)cc2)[nH]1. The Bertz CT molecular complexity index is 553. The van der Waals surface area contributed by atoms with E-state index in [1.807, 2.05) is 12.1 Å². The number of H-pyrrole nitrogens is 1. The Morgan fingerprint density at radius 3 is 2.53 bits per heavy atom. The molecule has 1 aliphatic carbocycles. The Hall–Kier alpha value is -2.10. The molecule has 0 radical (unpaired) electrons. The summed E-state index contributed by atoms with van der Waals surface area (Å²) >= 11 is 0. The molecule has 3 rings (SSSR count). The number of aromatic amines is 1. The number of aromatic carboxylic acids is 1. The van der Waals surface area contributed by atoms with Crippen molar-refractivity contribution in [1.29, 1.82) is 0 Å². The van der Waals surface area contributed by atoms with Crippen LogP contribution in [0.25, 0.3) is 11.4 Å². The van der Waals surface area contributed by atoms with Gasteiger partial charge in [0.15, 0.2) is 0 Å². The Balaban J connectivity index is 1.88. The molecule has 1 fully saturated rings. The normalized spacial score (nSPS) is 14.8. The first-order valence-corrected chi connectivity index (χ1v) is 5.62. The van der Waals surface area contributed by atoms with Gasteiger partial charge < -0.3 is 10.1 Å². The molecule has 1 saturated carbocycles. The van der Waals surface area contributed by atoms with Crippen LogP contribution in [0.5, 0.6) is 0 Å². The second-order valence-electron chi connectivity index (χ2n) is 4.35. The van der Waals surface area contributed by atoms with E-state index >= 15 is 0 Å². The molecule has 4 heteroatoms. The summed E-state index contributed by atoms with van der Waals surface area (Å²) in [7, 11) is 0. The van der Waals surface area contributed by atoms with Crippen molar-refractivity contribution in [2.75, 3.05) is 0 Å². The maximum Gasteiger partial charge on any atom is 0.353 e. The number of carbonyl (C=O) groups is 1. The lowest BCUT2D eigenvalue weighted by Crippen LogP contribution is -1.95. The molecule has 0 bridgehead atoms. The van der Waals surface area contributed by atoms with E-state index in [2.05, 4.69) is 22.1 Å². The highest BCUT2D eigenvalue weighted by atomic mass is 16.4. The molecular formula is C13H12N2O2. The number of hydrogen-bond acceptors (Lipinski definition) is 2. The van der Waals surface area contributed by atoms with Gasteiger partial charge in [0.05, 0.1) is 6.20 Å². The molecule has 2 aromatic rings. The number of rotatable bonds is 3. The maximum absolute atomic E-state index is 10.7. The van der Waals surface area contributed by atoms with Gasteiger partial charge in [0.2, 0.25) is 0 Å². The van der Waals surface area contributed by atoms with Crippen molar-refractivity contribution in [3.05, 3.63) is 41.7 Å². The lowest BCUT2D eigenvalue weighted by atomic mass is 10.1. The van der Waals surface area contributed by atoms with Gasteiger partial charge in [0, 0.05) is 5.56 Å². The molecule has 0 saturated heterocycles. The number of aromatic nitrogens is 2. The molecule has 1 aliphatic rings. The topological polar surface area (TPSA) is 66.0 Å². The standard InChI is InChI=1S/C13H12N2O2/c16-13(17)11-7-14-12(15-11)10-5-3-9(4-6-10)8-1-2-8/h3-8H,1-2H2,(H,14,15)(H,16,17). The highest BCUT2D eigenvalue weighted by Crippen LogP contribution is 2.40. The summed E-state index contributed by atoms with van der Waals surface area (Å²) in [6.45, 7) is 0. The molecule has 86 valence electrons. The van der Waals surface area contributed by atoms with Gasteiger partial charge in [-0.2, -0.15) is 0 Å². The molecule has 4 nitrogen and oxygen atoms in total. The first-order valence-electron chi connectivity index (χ1n) is 5.62. The third kappa shape index (κ3) is 1.93. The second-order valence-corrected chi connectivity index (χ2v) is 4.35. The summed E-state index contributed by atoms with van der Waals surface area (Å²) < 4.78 is 0. The molecule has 2 N–H and O–H groups in total. The zero-order valence-corrected chi connectivity index (χ0v) is 9.18. The van der Waals surface area contributed by atoms with Gasteiger partial charge in [-0.3, -0.25) is 0 Å². The summed E-state index contributed by atoms with van der Waals surface area (Å²) in [4.78, 5) is 17.6. The van der Waals surface area contributed by atoms with Gasteiger partial charge >= 0.3 is 5.97 Å². The number of nitrogens with zero attached hydrogens (tertiary/aromatic N) is 1. The van der Waals surface area contributed by atoms with Crippen LogP contribution in [0.1, 0.15) is 34.8 Å². The summed E-state index contributed by atoms with van der Waals surface area (Å²) in [5.74, 6) is 0.346. The second kappa shape index (κ2) is 3.73. The number of carboxylic acids is 1. The minimum atomic E-state index is -0.988. The smallest absolute Gasteiger partial charge is 0.353 e. The number of hydrogen-bond donors (Lipinski definition) is 2. The lowest BCUT2D eigenvalue weighted by molar-refractivity contribution is 0.0691. The summed E-state index contributed by atoms with van der Waals surface area (Å²) in [6.07, 6.45) is 3.90. The van der Waals surface area contributed by atoms with E-state index < -0.39 is 5.97 Å². The van der Waals surface area contributed by atoms with Crippen molar-refractivity contribution in [3.63, 3.8) is 0 Å². The minimum absolute atomic E-state index is 0.117. The first kappa shape index (κ1) is 10.1. The molecule has 0 aliphatic heterocycles. The molecular weight excluding hydrogens is 216 g/mol. The van der Waals surface area contributed by atoms with Crippen LogP contribution >= 0.6 is 0 Å². The van der Waals surface area contributed by atoms with Gasteiger partial charge in [0.1, 0.15) is 11.5 Å². The average Bonchev–Trinajstić information content (AvgIpc) is 3.06. The number of imidazole rings is 1. The number of benzene rings is 1. The summed E-state index contributed by atoms with van der Waals surface area (Å²) in [6, 6.07) is 8.15. The fourth-order valence-electron chi connectivity index (χ4n) is 1.91. The summed E-state index contributed by atoms with van der Waals surface area (Å²) in [5, 5.41) is 8.80. The quantitative estimate of drug-likeness (QED) is 0.848. The highest BCUT2D eigenvalue weighted by Gasteiger charge is 2.23. The van der Waals surface area contributed by atoms with Crippen molar-refractivity contribution in [2.45, 2.75) is 18.8 Å². The molecule has 1 aromatic heterocycles. The van der Waals surface area contributed by atoms with Crippen LogP contribution in [0.15, 0.2) is 30.5 Å². The zero-order valence-electron chi connectivity index (χ0n) is 9.18. The van der Waals surface area contributed by atoms with Crippen LogP contribution < -0.4 is 0 Å². The summed E-state index contributed by atoms with van der Waals surface area (Å²) in [5.41, 5.74) is 2.40. The largest absolute Gasteiger partial charge is 0.477 e. The molecule has 17 heavy (non-hydrogen) atoms. The Kier molecular flexibility index (Phi) is 2.21. The van der Waals surface area contributed by atoms with E-state index in [1.165, 1.54) is 24.6 Å². The lowest BCUT2D eigenvalue weighted by Gasteiger charge is -2.00. The molecule has 0 spiro atoms. The van der Waals surface area contributed by atoms with E-state index in [0.29, 0.717) is 5.82 Å². The highest BCUT2D eigenvalue weighted by molar-refractivity contribution is 5.85. The first-order chi connectivity index (χ1) is 8.24. The van der Waals surface area contributed by atoms with Crippen molar-refractivity contribution < 1.29 is 9.90 Å². The van der Waals surface area contributed by atoms with Crippen LogP contribution in [-0.4, -0.2) is 21.0 Å². The van der Waals surface area contributed by atoms with Gasteiger partial charge in [0.25, 0.3) is 0 Å². The van der Waals surface area contributed by atoms with Crippen molar-refractivity contribution in [1.82, 2.24) is 9.97 Å². The molecule has 0 atom stereocenters. The maximum atomic E-state index is 10.7. The van der Waals surface area contributed by atoms with Crippen LogP contribution in [0.4, 0.5) is 0 Å². The Morgan fingerprint density at radius 1 is 1.29 bits per heavy atom. The number of nitrogens with one attached hydrogen (secondary N) is 1. The van der Waals surface area contributed by atoms with E-state index in [4.69, 9.17) is 5.11 Å². The van der Waals surface area contributed by atoms with Gasteiger partial charge in [-0.15, -0.1) is 0 Å². The average molecular weight is 228 g/mol. The predicted molar refractivity (Wildman–Crippen MR) is 63.0 cm³/mol. The van der Waals surface area contributed by atoms with E-state index in [9.17, 15) is 4.79 Å². The third-order valence-electron chi connectivity index (χ3n) is 3.04. The molecule has 1 aromatic carbocycles. The van der Waals surface area contributed by atoms with Crippen LogP contribution in [0.3, 0.4) is 0 Å². The fourth-order valence-corrected chi connectivity index (χ4v) is 1.91. The van der Waals surface area contributed by atoms with E-state index in [-0.39, 0.29) is 5.69 Å². The van der Waals surface area contributed by atoms with Crippen LogP contribution in [0, 0.1) is 0 Å². The van der Waals surface area contributed by atoms with Crippen molar-refractivity contribution in [2.24, 2.45) is 0 Å². The van der Waals surface area contributed by atoms with Gasteiger partial charge in [-0.25, -0.2) is 9.78 Å². The van der Waals surface area contributed by atoms with E-state index in [0.717, 1.165) is 11.5 Å². The predicted octanol–water partition coefficient (Wildman–Crippen LogP) is 2.65. The molecule has 0 unspecified atom stereocenters. The molecule has 0 amide bonds. The monoisotopic (exact) mass is 228 g/mol. The Labute approximate surface area is 98.3 Å². The minimum Gasteiger partial charge on any atom is -0.477 e.